The summed E-state index contributed by atoms with van der Waals surface area (Å²) in [6, 6.07) is 0. The van der Waals surface area contributed by atoms with Crippen LogP contribution in [0.5, 0.6) is 0 Å². The van der Waals surface area contributed by atoms with Crippen molar-refractivity contribution < 1.29 is 28.5 Å². The van der Waals surface area contributed by atoms with E-state index < -0.39 is 23.6 Å². The fourth-order valence-electron chi connectivity index (χ4n) is 3.85. The van der Waals surface area contributed by atoms with Gasteiger partial charge in [-0.3, -0.25) is 0 Å². The molecule has 2 atom stereocenters. The third-order valence-electron chi connectivity index (χ3n) is 5.19. The molecule has 0 amide bonds. The molecule has 178 valence electrons. The molecule has 0 bridgehead atoms. The van der Waals surface area contributed by atoms with Crippen molar-refractivity contribution in [3.05, 3.63) is 12.2 Å². The van der Waals surface area contributed by atoms with E-state index in [4.69, 9.17) is 23.7 Å². The van der Waals surface area contributed by atoms with Crippen LogP contribution in [0.1, 0.15) is 92.9 Å². The lowest BCUT2D eigenvalue weighted by atomic mass is 9.84. The number of carbonyl (C=O) groups excluding carboxylic acids is 1. The van der Waals surface area contributed by atoms with Gasteiger partial charge in [0.2, 0.25) is 0 Å². The van der Waals surface area contributed by atoms with Crippen LogP contribution in [0.25, 0.3) is 0 Å². The van der Waals surface area contributed by atoms with Crippen LogP contribution in [0, 0.1) is 0 Å². The van der Waals surface area contributed by atoms with Gasteiger partial charge in [-0.25, -0.2) is 4.79 Å². The Balaban J connectivity index is 6.21. The molecule has 0 heterocycles. The van der Waals surface area contributed by atoms with E-state index in [0.717, 1.165) is 25.7 Å². The van der Waals surface area contributed by atoms with E-state index in [1.54, 1.807) is 14.0 Å². The molecule has 0 spiro atoms. The Morgan fingerprint density at radius 2 is 1.40 bits per heavy atom. The standard InChI is InChI=1S/C24H46O6/c1-9-14-15-16-17-18-21(30-22(25)20(6)7)23(26-8,19-10-2)24(27-11-3,28-12-4)29-13-5/h21H,6,9-19H2,1-5,7-8H3. The molecule has 30 heavy (non-hydrogen) atoms. The molecule has 0 aromatic carbocycles. The van der Waals surface area contributed by atoms with E-state index in [9.17, 15) is 4.79 Å². The first-order valence-corrected chi connectivity index (χ1v) is 11.7. The lowest BCUT2D eigenvalue weighted by Crippen LogP contribution is -2.67. The predicted octanol–water partition coefficient (Wildman–Crippen LogP) is 5.78. The highest BCUT2D eigenvalue weighted by molar-refractivity contribution is 5.87. The third-order valence-corrected chi connectivity index (χ3v) is 5.19. The highest BCUT2D eigenvalue weighted by Crippen LogP contribution is 2.42. The maximum Gasteiger partial charge on any atom is 0.333 e. The van der Waals surface area contributed by atoms with Crippen molar-refractivity contribution in [2.45, 2.75) is 111 Å². The number of ether oxygens (including phenoxy) is 5. The van der Waals surface area contributed by atoms with Gasteiger partial charge >= 0.3 is 11.9 Å². The minimum atomic E-state index is -1.47. The van der Waals surface area contributed by atoms with Crippen LogP contribution >= 0.6 is 0 Å². The summed E-state index contributed by atoms with van der Waals surface area (Å²) in [5.41, 5.74) is -0.762. The number of hydrogen-bond donors (Lipinski definition) is 0. The van der Waals surface area contributed by atoms with E-state index in [0.29, 0.717) is 38.2 Å². The Bertz CT molecular complexity index is 461. The first-order chi connectivity index (χ1) is 14.3. The quantitative estimate of drug-likeness (QED) is 0.112. The molecule has 6 nitrogen and oxygen atoms in total. The predicted molar refractivity (Wildman–Crippen MR) is 120 cm³/mol. The second-order valence-electron chi connectivity index (χ2n) is 7.58. The number of carbonyl (C=O) groups is 1. The van der Waals surface area contributed by atoms with Crippen molar-refractivity contribution in [2.75, 3.05) is 26.9 Å². The number of methoxy groups -OCH3 is 1. The molecule has 0 rings (SSSR count). The van der Waals surface area contributed by atoms with Crippen molar-refractivity contribution >= 4 is 5.97 Å². The molecule has 0 saturated carbocycles. The van der Waals surface area contributed by atoms with Crippen molar-refractivity contribution in [3.8, 4) is 0 Å². The lowest BCUT2D eigenvalue weighted by Gasteiger charge is -2.50. The number of hydrogen-bond acceptors (Lipinski definition) is 6. The maximum atomic E-state index is 12.6. The Kier molecular flexibility index (Phi) is 15.3. The molecule has 0 aromatic rings. The molecule has 0 radical (unpaired) electrons. The van der Waals surface area contributed by atoms with Gasteiger partial charge in [-0.15, -0.1) is 0 Å². The van der Waals surface area contributed by atoms with E-state index in [-0.39, 0.29) is 0 Å². The molecule has 0 fully saturated rings. The Labute approximate surface area is 184 Å². The molecule has 0 aliphatic heterocycles. The number of rotatable bonds is 19. The largest absolute Gasteiger partial charge is 0.456 e. The molecule has 2 unspecified atom stereocenters. The minimum absolute atomic E-state index is 0.349. The van der Waals surface area contributed by atoms with Crippen LogP contribution in [0.2, 0.25) is 0 Å². The van der Waals surface area contributed by atoms with Gasteiger partial charge in [0, 0.05) is 32.5 Å². The topological polar surface area (TPSA) is 63.2 Å². The average molecular weight is 431 g/mol. The Hall–Kier alpha value is -0.950. The molecule has 6 heteroatoms. The second-order valence-corrected chi connectivity index (χ2v) is 7.58. The van der Waals surface area contributed by atoms with E-state index in [2.05, 4.69) is 20.4 Å². The zero-order valence-electron chi connectivity index (χ0n) is 20.5. The number of esters is 1. The number of unbranched alkanes of at least 4 members (excludes halogenated alkanes) is 4. The van der Waals surface area contributed by atoms with Crippen molar-refractivity contribution in [1.82, 2.24) is 0 Å². The summed E-state index contributed by atoms with van der Waals surface area (Å²) in [6.45, 7) is 16.4. The van der Waals surface area contributed by atoms with Crippen LogP contribution in [-0.2, 0) is 28.5 Å². The van der Waals surface area contributed by atoms with Gasteiger partial charge in [-0.2, -0.15) is 0 Å². The zero-order chi connectivity index (χ0) is 23.0. The molecular formula is C24H46O6. The minimum Gasteiger partial charge on any atom is -0.456 e. The summed E-state index contributed by atoms with van der Waals surface area (Å²) in [7, 11) is 1.61. The second kappa shape index (κ2) is 15.8. The summed E-state index contributed by atoms with van der Waals surface area (Å²) in [5.74, 6) is -1.91. The molecule has 0 aromatic heterocycles. The van der Waals surface area contributed by atoms with Crippen LogP contribution in [0.4, 0.5) is 0 Å². The Morgan fingerprint density at radius 1 is 0.867 bits per heavy atom. The van der Waals surface area contributed by atoms with Gasteiger partial charge in [0.15, 0.2) is 5.60 Å². The molecule has 0 N–H and O–H groups in total. The van der Waals surface area contributed by atoms with Gasteiger partial charge in [0.25, 0.3) is 0 Å². The summed E-state index contributed by atoms with van der Waals surface area (Å²) in [4.78, 5) is 12.6. The van der Waals surface area contributed by atoms with Gasteiger partial charge in [-0.1, -0.05) is 52.5 Å². The summed E-state index contributed by atoms with van der Waals surface area (Å²) < 4.78 is 30.4. The SMILES string of the molecule is C=C(C)C(=O)OC(CCCCCCC)C(CCC)(OC)C(OCC)(OCC)OCC. The van der Waals surface area contributed by atoms with E-state index >= 15 is 0 Å². The van der Waals surface area contributed by atoms with Gasteiger partial charge in [-0.05, 0) is 47.0 Å². The zero-order valence-corrected chi connectivity index (χ0v) is 20.5. The Morgan fingerprint density at radius 3 is 1.80 bits per heavy atom. The fourth-order valence-corrected chi connectivity index (χ4v) is 3.85. The lowest BCUT2D eigenvalue weighted by molar-refractivity contribution is -0.454. The van der Waals surface area contributed by atoms with Crippen molar-refractivity contribution in [2.24, 2.45) is 0 Å². The van der Waals surface area contributed by atoms with Gasteiger partial charge in [0.1, 0.15) is 6.10 Å². The van der Waals surface area contributed by atoms with Crippen LogP contribution in [0.15, 0.2) is 12.2 Å². The smallest absolute Gasteiger partial charge is 0.333 e. The highest BCUT2D eigenvalue weighted by Gasteiger charge is 2.61. The average Bonchev–Trinajstić information content (AvgIpc) is 2.71. The molecule has 0 aliphatic rings. The monoisotopic (exact) mass is 430 g/mol. The fraction of sp³-hybridized carbons (Fsp3) is 0.875. The van der Waals surface area contributed by atoms with Crippen LogP contribution in [0.3, 0.4) is 0 Å². The van der Waals surface area contributed by atoms with E-state index in [1.165, 1.54) is 12.8 Å². The first kappa shape index (κ1) is 29.1. The van der Waals surface area contributed by atoms with Crippen molar-refractivity contribution in [3.63, 3.8) is 0 Å². The van der Waals surface area contributed by atoms with Crippen LogP contribution in [-0.4, -0.2) is 50.6 Å². The molecule has 0 aliphatic carbocycles. The van der Waals surface area contributed by atoms with Crippen LogP contribution < -0.4 is 0 Å². The van der Waals surface area contributed by atoms with Crippen molar-refractivity contribution in [1.29, 1.82) is 0 Å². The molecule has 0 saturated heterocycles. The first-order valence-electron chi connectivity index (χ1n) is 11.7. The summed E-state index contributed by atoms with van der Waals surface area (Å²) in [6.07, 6.45) is 6.85. The normalized spacial score (nSPS) is 14.9. The van der Waals surface area contributed by atoms with Gasteiger partial charge in [0.05, 0.1) is 0 Å². The summed E-state index contributed by atoms with van der Waals surface area (Å²) in [5, 5.41) is 0. The van der Waals surface area contributed by atoms with E-state index in [1.807, 2.05) is 20.8 Å². The highest BCUT2D eigenvalue weighted by atomic mass is 16.9. The summed E-state index contributed by atoms with van der Waals surface area (Å²) >= 11 is 0. The maximum absolute atomic E-state index is 12.6. The molecular weight excluding hydrogens is 384 g/mol. The third kappa shape index (κ3) is 7.95. The van der Waals surface area contributed by atoms with Gasteiger partial charge < -0.3 is 23.7 Å².